The second-order valence-electron chi connectivity index (χ2n) is 10.7. The van der Waals surface area contributed by atoms with Gasteiger partial charge in [0.15, 0.2) is 0 Å². The molecule has 4 N–H and O–H groups in total. The molecular formula is C30H41N3O6. The average Bonchev–Trinajstić information content (AvgIpc) is 3.21. The molecule has 212 valence electrons. The summed E-state index contributed by atoms with van der Waals surface area (Å²) in [6.45, 7) is 11.9. The minimum absolute atomic E-state index is 0.130. The van der Waals surface area contributed by atoms with Crippen LogP contribution in [-0.2, 0) is 33.7 Å². The number of ether oxygens (including phenoxy) is 3. The Morgan fingerprint density at radius 2 is 1.82 bits per heavy atom. The standard InChI is InChI=1S/C30H41N3O6/c1-19(2)37-29(35)32-18-23-17-25(13-9-21(23)10-14-27(34)39-30(4,5)6)36-16-15-26-20(3)38-28(33-26)22-7-11-24(31)12-8-22/h7-9,11-13,17,19,29,32,35H,10,14-16,18,31H2,1-6H3/t29-/m0/s1. The van der Waals surface area contributed by atoms with Crippen molar-refractivity contribution in [3.05, 3.63) is 65.0 Å². The van der Waals surface area contributed by atoms with Gasteiger partial charge in [0.05, 0.1) is 18.4 Å². The van der Waals surface area contributed by atoms with Gasteiger partial charge < -0.3 is 29.5 Å². The number of rotatable bonds is 13. The maximum absolute atomic E-state index is 12.3. The highest BCUT2D eigenvalue weighted by atomic mass is 16.6. The number of aryl methyl sites for hydroxylation is 2. The predicted octanol–water partition coefficient (Wildman–Crippen LogP) is 4.92. The lowest BCUT2D eigenvalue weighted by molar-refractivity contribution is -0.154. The second kappa shape index (κ2) is 13.6. The summed E-state index contributed by atoms with van der Waals surface area (Å²) < 4.78 is 22.7. The van der Waals surface area contributed by atoms with Gasteiger partial charge in [0.2, 0.25) is 12.3 Å². The average molecular weight is 540 g/mol. The smallest absolute Gasteiger partial charge is 0.306 e. The van der Waals surface area contributed by atoms with Gasteiger partial charge in [0, 0.05) is 30.6 Å². The van der Waals surface area contributed by atoms with E-state index >= 15 is 0 Å². The van der Waals surface area contributed by atoms with E-state index in [1.165, 1.54) is 0 Å². The first-order chi connectivity index (χ1) is 18.4. The molecule has 1 heterocycles. The lowest BCUT2D eigenvalue weighted by Gasteiger charge is -2.20. The van der Waals surface area contributed by atoms with Gasteiger partial charge in [-0.15, -0.1) is 0 Å². The third kappa shape index (κ3) is 10.0. The van der Waals surface area contributed by atoms with E-state index in [1.807, 2.05) is 84.0 Å². The fraction of sp³-hybridized carbons (Fsp3) is 0.467. The van der Waals surface area contributed by atoms with Crippen LogP contribution in [0.5, 0.6) is 5.75 Å². The molecule has 0 spiro atoms. The van der Waals surface area contributed by atoms with Gasteiger partial charge in [-0.2, -0.15) is 0 Å². The lowest BCUT2D eigenvalue weighted by atomic mass is 10.0. The van der Waals surface area contributed by atoms with E-state index in [1.54, 1.807) is 0 Å². The molecule has 9 nitrogen and oxygen atoms in total. The molecule has 0 aliphatic rings. The Balaban J connectivity index is 1.65. The van der Waals surface area contributed by atoms with Crippen LogP contribution in [0.15, 0.2) is 46.9 Å². The lowest BCUT2D eigenvalue weighted by Crippen LogP contribution is -2.33. The number of nitrogens with two attached hydrogens (primary N) is 1. The van der Waals surface area contributed by atoms with Crippen molar-refractivity contribution in [2.45, 2.75) is 85.5 Å². The van der Waals surface area contributed by atoms with Crippen LogP contribution in [0, 0.1) is 6.92 Å². The van der Waals surface area contributed by atoms with Crippen LogP contribution in [0.1, 0.15) is 63.6 Å². The van der Waals surface area contributed by atoms with Gasteiger partial charge in [-0.05, 0) is 95.5 Å². The predicted molar refractivity (Wildman–Crippen MR) is 150 cm³/mol. The summed E-state index contributed by atoms with van der Waals surface area (Å²) in [4.78, 5) is 16.9. The van der Waals surface area contributed by atoms with Gasteiger partial charge in [0.25, 0.3) is 0 Å². The van der Waals surface area contributed by atoms with E-state index in [4.69, 9.17) is 24.4 Å². The molecule has 1 aromatic heterocycles. The van der Waals surface area contributed by atoms with Crippen LogP contribution in [-0.4, -0.2) is 40.8 Å². The first-order valence-corrected chi connectivity index (χ1v) is 13.2. The highest BCUT2D eigenvalue weighted by Crippen LogP contribution is 2.24. The zero-order chi connectivity index (χ0) is 28.6. The molecule has 3 aromatic rings. The minimum Gasteiger partial charge on any atom is -0.493 e. The fourth-order valence-electron chi connectivity index (χ4n) is 3.91. The summed E-state index contributed by atoms with van der Waals surface area (Å²) >= 11 is 0. The molecule has 0 bridgehead atoms. The van der Waals surface area contributed by atoms with Crippen molar-refractivity contribution in [1.29, 1.82) is 0 Å². The third-order valence-corrected chi connectivity index (χ3v) is 5.72. The molecule has 0 unspecified atom stereocenters. The molecule has 2 aromatic carbocycles. The zero-order valence-electron chi connectivity index (χ0n) is 23.7. The molecule has 0 radical (unpaired) electrons. The van der Waals surface area contributed by atoms with Crippen molar-refractivity contribution in [3.8, 4) is 17.2 Å². The Labute approximate surface area is 230 Å². The number of aromatic nitrogens is 1. The zero-order valence-corrected chi connectivity index (χ0v) is 23.7. The normalized spacial score (nSPS) is 12.5. The summed E-state index contributed by atoms with van der Waals surface area (Å²) in [5.41, 5.74) is 9.47. The molecule has 0 fully saturated rings. The number of esters is 1. The largest absolute Gasteiger partial charge is 0.493 e. The van der Waals surface area contributed by atoms with Crippen LogP contribution in [0.3, 0.4) is 0 Å². The van der Waals surface area contributed by atoms with Gasteiger partial charge >= 0.3 is 5.97 Å². The molecule has 3 rings (SSSR count). The SMILES string of the molecule is Cc1oc(-c2ccc(N)cc2)nc1CCOc1ccc(CCC(=O)OC(C)(C)C)c(CN[C@@H](O)OC(C)C)c1. The molecule has 0 aliphatic heterocycles. The Morgan fingerprint density at radius 1 is 1.10 bits per heavy atom. The number of aliphatic hydroxyl groups excluding tert-OH is 1. The molecule has 0 saturated heterocycles. The van der Waals surface area contributed by atoms with Crippen molar-refractivity contribution in [3.63, 3.8) is 0 Å². The van der Waals surface area contributed by atoms with E-state index in [9.17, 15) is 9.90 Å². The number of oxazole rings is 1. The fourth-order valence-corrected chi connectivity index (χ4v) is 3.91. The quantitative estimate of drug-likeness (QED) is 0.157. The maximum atomic E-state index is 12.3. The molecule has 1 atom stereocenters. The second-order valence-corrected chi connectivity index (χ2v) is 10.7. The number of anilines is 1. The Bertz CT molecular complexity index is 1210. The van der Waals surface area contributed by atoms with Crippen molar-refractivity contribution in [2.75, 3.05) is 12.3 Å². The summed E-state index contributed by atoms with van der Waals surface area (Å²) in [5.74, 6) is 1.71. The van der Waals surface area contributed by atoms with Crippen LogP contribution < -0.4 is 15.8 Å². The first-order valence-electron chi connectivity index (χ1n) is 13.2. The molecule has 0 amide bonds. The number of nitrogen functional groups attached to an aromatic ring is 1. The van der Waals surface area contributed by atoms with Crippen molar-refractivity contribution in [1.82, 2.24) is 10.3 Å². The van der Waals surface area contributed by atoms with Crippen LogP contribution >= 0.6 is 0 Å². The molecular weight excluding hydrogens is 498 g/mol. The summed E-state index contributed by atoms with van der Waals surface area (Å²) in [6.07, 6.45) is 0.0728. The van der Waals surface area contributed by atoms with Crippen LogP contribution in [0.2, 0.25) is 0 Å². The Morgan fingerprint density at radius 3 is 2.49 bits per heavy atom. The number of nitrogens with one attached hydrogen (secondary N) is 1. The summed E-state index contributed by atoms with van der Waals surface area (Å²) in [5, 5.41) is 13.1. The van der Waals surface area contributed by atoms with Gasteiger partial charge in [-0.25, -0.2) is 4.98 Å². The monoisotopic (exact) mass is 539 g/mol. The van der Waals surface area contributed by atoms with Crippen molar-refractivity contribution >= 4 is 11.7 Å². The number of carbonyl (C=O) groups excluding carboxylic acids is 1. The topological polar surface area (TPSA) is 129 Å². The van der Waals surface area contributed by atoms with Crippen molar-refractivity contribution in [2.24, 2.45) is 0 Å². The molecule has 0 aliphatic carbocycles. The van der Waals surface area contributed by atoms with Crippen LogP contribution in [0.4, 0.5) is 5.69 Å². The van der Waals surface area contributed by atoms with E-state index in [2.05, 4.69) is 10.3 Å². The van der Waals surface area contributed by atoms with Crippen LogP contribution in [0.25, 0.3) is 11.5 Å². The number of nitrogens with zero attached hydrogens (tertiary/aromatic N) is 1. The Kier molecular flexibility index (Phi) is 10.5. The number of hydrogen-bond acceptors (Lipinski definition) is 9. The maximum Gasteiger partial charge on any atom is 0.306 e. The first kappa shape index (κ1) is 30.1. The summed E-state index contributed by atoms with van der Waals surface area (Å²) in [7, 11) is 0. The molecule has 0 saturated carbocycles. The van der Waals surface area contributed by atoms with Gasteiger partial charge in [0.1, 0.15) is 17.1 Å². The minimum atomic E-state index is -1.11. The Hall–Kier alpha value is -3.40. The van der Waals surface area contributed by atoms with E-state index < -0.39 is 12.0 Å². The molecule has 9 heteroatoms. The number of benzene rings is 2. The highest BCUT2D eigenvalue weighted by Gasteiger charge is 2.17. The summed E-state index contributed by atoms with van der Waals surface area (Å²) in [6, 6.07) is 13.1. The van der Waals surface area contributed by atoms with Crippen molar-refractivity contribution < 1.29 is 28.5 Å². The van der Waals surface area contributed by atoms with E-state index in [0.29, 0.717) is 43.3 Å². The number of aliphatic hydroxyl groups is 1. The van der Waals surface area contributed by atoms with E-state index in [0.717, 1.165) is 28.1 Å². The number of carbonyl (C=O) groups is 1. The third-order valence-electron chi connectivity index (χ3n) is 5.72. The van der Waals surface area contributed by atoms with Gasteiger partial charge in [-0.3, -0.25) is 10.1 Å². The number of hydrogen-bond donors (Lipinski definition) is 3. The molecule has 39 heavy (non-hydrogen) atoms. The van der Waals surface area contributed by atoms with Gasteiger partial charge in [-0.1, -0.05) is 6.07 Å². The van der Waals surface area contributed by atoms with E-state index in [-0.39, 0.29) is 18.5 Å². The highest BCUT2D eigenvalue weighted by molar-refractivity contribution is 5.70.